The number of amides is 1. The zero-order valence-corrected chi connectivity index (χ0v) is 13.3. The molecule has 6 nitrogen and oxygen atoms in total. The van der Waals surface area contributed by atoms with Gasteiger partial charge in [0.25, 0.3) is 5.69 Å². The van der Waals surface area contributed by atoms with E-state index in [1.807, 2.05) is 24.3 Å². The Bertz CT molecular complexity index is 718. The summed E-state index contributed by atoms with van der Waals surface area (Å²) in [5.41, 5.74) is 0.992. The van der Waals surface area contributed by atoms with Crippen molar-refractivity contribution >= 4 is 33.2 Å². The Hall–Kier alpha value is -2.41. The number of anilines is 1. The van der Waals surface area contributed by atoms with Gasteiger partial charge >= 0.3 is 0 Å². The molecule has 7 heteroatoms. The van der Waals surface area contributed by atoms with Crippen LogP contribution in [0.25, 0.3) is 0 Å². The molecule has 0 aromatic heterocycles. The van der Waals surface area contributed by atoms with Gasteiger partial charge in [0.1, 0.15) is 5.75 Å². The van der Waals surface area contributed by atoms with E-state index in [0.29, 0.717) is 5.75 Å². The average Bonchev–Trinajstić information content (AvgIpc) is 2.47. The number of halogens is 1. The van der Waals surface area contributed by atoms with E-state index >= 15 is 0 Å². The molecule has 0 unspecified atom stereocenters. The third-order valence-corrected chi connectivity index (χ3v) is 3.41. The Kier molecular flexibility index (Phi) is 5.11. The van der Waals surface area contributed by atoms with Crippen LogP contribution < -0.4 is 10.1 Å². The quantitative estimate of drug-likeness (QED) is 0.649. The Balaban J connectivity index is 2.16. The van der Waals surface area contributed by atoms with Crippen molar-refractivity contribution in [1.29, 1.82) is 0 Å². The molecule has 2 aromatic carbocycles. The maximum atomic E-state index is 12.1. The Morgan fingerprint density at radius 2 is 2.09 bits per heavy atom. The number of rotatable bonds is 5. The predicted molar refractivity (Wildman–Crippen MR) is 86.1 cm³/mol. The van der Waals surface area contributed by atoms with Crippen LogP contribution in [0.4, 0.5) is 11.4 Å². The third-order valence-electron chi connectivity index (χ3n) is 2.92. The van der Waals surface area contributed by atoms with Crippen LogP contribution >= 0.6 is 15.9 Å². The maximum absolute atomic E-state index is 12.1. The summed E-state index contributed by atoms with van der Waals surface area (Å²) in [4.78, 5) is 22.4. The molecule has 114 valence electrons. The predicted octanol–water partition coefficient (Wildman–Crippen LogP) is 3.55. The molecule has 0 aliphatic heterocycles. The van der Waals surface area contributed by atoms with Gasteiger partial charge in [-0.3, -0.25) is 14.9 Å². The molecule has 0 aliphatic rings. The summed E-state index contributed by atoms with van der Waals surface area (Å²) in [6.07, 6.45) is 0.158. The first-order valence-corrected chi connectivity index (χ1v) is 7.15. The normalized spacial score (nSPS) is 10.1. The molecule has 0 saturated heterocycles. The van der Waals surface area contributed by atoms with E-state index in [1.54, 1.807) is 0 Å². The molecule has 0 bridgehead atoms. The second-order valence-corrected chi connectivity index (χ2v) is 5.41. The monoisotopic (exact) mass is 364 g/mol. The molecule has 0 saturated carbocycles. The highest BCUT2D eigenvalue weighted by atomic mass is 79.9. The summed E-state index contributed by atoms with van der Waals surface area (Å²) in [7, 11) is 1.44. The minimum absolute atomic E-state index is 0.112. The van der Waals surface area contributed by atoms with Crippen LogP contribution in [0.15, 0.2) is 46.9 Å². The van der Waals surface area contributed by atoms with Crippen LogP contribution in [0.2, 0.25) is 0 Å². The van der Waals surface area contributed by atoms with Gasteiger partial charge in [-0.15, -0.1) is 0 Å². The maximum Gasteiger partial charge on any atom is 0.271 e. The summed E-state index contributed by atoms with van der Waals surface area (Å²) >= 11 is 3.34. The summed E-state index contributed by atoms with van der Waals surface area (Å²) in [5, 5.41) is 13.5. The van der Waals surface area contributed by atoms with Crippen LogP contribution in [0.3, 0.4) is 0 Å². The number of hydrogen-bond donors (Lipinski definition) is 1. The minimum Gasteiger partial charge on any atom is -0.495 e. The van der Waals surface area contributed by atoms with Crippen molar-refractivity contribution in [2.45, 2.75) is 6.42 Å². The van der Waals surface area contributed by atoms with E-state index in [1.165, 1.54) is 25.3 Å². The third kappa shape index (κ3) is 4.05. The number of nitrogens with zero attached hydrogens (tertiary/aromatic N) is 1. The van der Waals surface area contributed by atoms with Crippen molar-refractivity contribution in [3.63, 3.8) is 0 Å². The van der Waals surface area contributed by atoms with Gasteiger partial charge in [0.15, 0.2) is 0 Å². The lowest BCUT2D eigenvalue weighted by Crippen LogP contribution is -2.15. The van der Waals surface area contributed by atoms with E-state index in [2.05, 4.69) is 21.2 Å². The van der Waals surface area contributed by atoms with E-state index in [4.69, 9.17) is 4.74 Å². The lowest BCUT2D eigenvalue weighted by atomic mass is 10.1. The Labute approximate surface area is 135 Å². The fourth-order valence-corrected chi connectivity index (χ4v) is 2.38. The highest BCUT2D eigenvalue weighted by Crippen LogP contribution is 2.29. The molecule has 0 atom stereocenters. The van der Waals surface area contributed by atoms with Crippen molar-refractivity contribution in [3.05, 3.63) is 62.6 Å². The molecule has 22 heavy (non-hydrogen) atoms. The molecule has 1 amide bonds. The van der Waals surface area contributed by atoms with Crippen LogP contribution in [0.5, 0.6) is 5.75 Å². The van der Waals surface area contributed by atoms with E-state index in [-0.39, 0.29) is 23.7 Å². The fourth-order valence-electron chi connectivity index (χ4n) is 1.93. The first-order chi connectivity index (χ1) is 10.5. The van der Waals surface area contributed by atoms with Crippen LogP contribution in [0, 0.1) is 10.1 Å². The van der Waals surface area contributed by atoms with Crippen LogP contribution in [-0.4, -0.2) is 17.9 Å². The first kappa shape index (κ1) is 16.0. The topological polar surface area (TPSA) is 81.5 Å². The zero-order valence-electron chi connectivity index (χ0n) is 11.7. The number of carbonyl (C=O) groups excluding carboxylic acids is 1. The number of methoxy groups -OCH3 is 1. The van der Waals surface area contributed by atoms with Gasteiger partial charge in [-0.2, -0.15) is 0 Å². The van der Waals surface area contributed by atoms with Gasteiger partial charge in [-0.25, -0.2) is 0 Å². The number of non-ortho nitro benzene ring substituents is 1. The Morgan fingerprint density at radius 1 is 1.32 bits per heavy atom. The number of carbonyl (C=O) groups is 1. The summed E-state index contributed by atoms with van der Waals surface area (Å²) in [6.45, 7) is 0. The van der Waals surface area contributed by atoms with E-state index in [9.17, 15) is 14.9 Å². The van der Waals surface area contributed by atoms with Gasteiger partial charge in [0.2, 0.25) is 5.91 Å². The molecular weight excluding hydrogens is 352 g/mol. The highest BCUT2D eigenvalue weighted by Gasteiger charge is 2.14. The SMILES string of the molecule is COc1ccc([N+](=O)[O-])cc1NC(=O)Cc1cccc(Br)c1. The van der Waals surface area contributed by atoms with Gasteiger partial charge < -0.3 is 10.1 Å². The number of hydrogen-bond acceptors (Lipinski definition) is 4. The molecule has 0 heterocycles. The molecule has 0 aliphatic carbocycles. The first-order valence-electron chi connectivity index (χ1n) is 6.36. The summed E-state index contributed by atoms with van der Waals surface area (Å²) in [5.74, 6) is 0.0880. The van der Waals surface area contributed by atoms with Crippen molar-refractivity contribution < 1.29 is 14.5 Å². The smallest absolute Gasteiger partial charge is 0.271 e. The summed E-state index contributed by atoms with van der Waals surface area (Å²) in [6, 6.07) is 11.4. The van der Waals surface area contributed by atoms with Crippen molar-refractivity contribution in [2.75, 3.05) is 12.4 Å². The molecule has 0 spiro atoms. The van der Waals surface area contributed by atoms with Crippen molar-refractivity contribution in [3.8, 4) is 5.75 Å². The Morgan fingerprint density at radius 3 is 2.73 bits per heavy atom. The summed E-state index contributed by atoms with van der Waals surface area (Å²) < 4.78 is 5.99. The van der Waals surface area contributed by atoms with Crippen molar-refractivity contribution in [2.24, 2.45) is 0 Å². The lowest BCUT2D eigenvalue weighted by molar-refractivity contribution is -0.384. The molecular formula is C15H13BrN2O4. The second-order valence-electron chi connectivity index (χ2n) is 4.50. The second kappa shape index (κ2) is 7.04. The number of nitro groups is 1. The van der Waals surface area contributed by atoms with Gasteiger partial charge in [0, 0.05) is 16.6 Å². The van der Waals surface area contributed by atoms with Gasteiger partial charge in [0.05, 0.1) is 24.1 Å². The molecule has 0 fully saturated rings. The largest absolute Gasteiger partial charge is 0.495 e. The fraction of sp³-hybridized carbons (Fsp3) is 0.133. The zero-order chi connectivity index (χ0) is 16.1. The number of nitro benzene ring substituents is 1. The molecule has 1 N–H and O–H groups in total. The molecule has 2 aromatic rings. The van der Waals surface area contributed by atoms with Crippen LogP contribution in [0.1, 0.15) is 5.56 Å². The van der Waals surface area contributed by atoms with Crippen molar-refractivity contribution in [1.82, 2.24) is 0 Å². The standard InChI is InChI=1S/C15H13BrN2O4/c1-22-14-6-5-12(18(20)21)9-13(14)17-15(19)8-10-3-2-4-11(16)7-10/h2-7,9H,8H2,1H3,(H,17,19). The number of nitrogens with one attached hydrogen (secondary N) is 1. The minimum atomic E-state index is -0.524. The lowest BCUT2D eigenvalue weighted by Gasteiger charge is -2.10. The molecule has 2 rings (SSSR count). The van der Waals surface area contributed by atoms with Gasteiger partial charge in [-0.05, 0) is 23.8 Å². The van der Waals surface area contributed by atoms with E-state index in [0.717, 1.165) is 10.0 Å². The van der Waals surface area contributed by atoms with Crippen LogP contribution in [-0.2, 0) is 11.2 Å². The highest BCUT2D eigenvalue weighted by molar-refractivity contribution is 9.10. The van der Waals surface area contributed by atoms with Gasteiger partial charge in [-0.1, -0.05) is 28.1 Å². The van der Waals surface area contributed by atoms with E-state index < -0.39 is 4.92 Å². The number of benzene rings is 2. The molecule has 0 radical (unpaired) electrons. The number of ether oxygens (including phenoxy) is 1. The average molecular weight is 365 g/mol.